The summed E-state index contributed by atoms with van der Waals surface area (Å²) in [7, 11) is 0. The molecule has 3 atom stereocenters. The monoisotopic (exact) mass is 507 g/mol. The maximum absolute atomic E-state index is 13.5. The second-order valence-electron chi connectivity index (χ2n) is 10.7. The van der Waals surface area contributed by atoms with E-state index >= 15 is 0 Å². The Morgan fingerprint density at radius 1 is 1.11 bits per heavy atom. The molecule has 0 saturated heterocycles. The molecular weight excluding hydrogens is 477 g/mol. The Hall–Kier alpha value is -4.19. The summed E-state index contributed by atoms with van der Waals surface area (Å²) < 4.78 is 15.4. The maximum atomic E-state index is 13.5. The maximum Gasteiger partial charge on any atom is 0.251 e. The van der Waals surface area contributed by atoms with Gasteiger partial charge in [0.25, 0.3) is 5.91 Å². The van der Waals surface area contributed by atoms with Gasteiger partial charge in [0.1, 0.15) is 11.6 Å². The van der Waals surface area contributed by atoms with Gasteiger partial charge in [-0.05, 0) is 103 Å². The van der Waals surface area contributed by atoms with Crippen LogP contribution in [0.2, 0.25) is 0 Å². The fourth-order valence-corrected chi connectivity index (χ4v) is 6.20. The molecule has 38 heavy (non-hydrogen) atoms. The number of halogens is 1. The topological polar surface area (TPSA) is 67.2 Å². The Balaban J connectivity index is 1.27. The highest BCUT2D eigenvalue weighted by Crippen LogP contribution is 2.55. The van der Waals surface area contributed by atoms with E-state index in [2.05, 4.69) is 35.5 Å². The van der Waals surface area contributed by atoms with Gasteiger partial charge in [-0.2, -0.15) is 5.10 Å². The second-order valence-corrected chi connectivity index (χ2v) is 10.7. The number of hydrogen-bond donors (Lipinski definition) is 2. The van der Waals surface area contributed by atoms with Gasteiger partial charge in [0.05, 0.1) is 23.6 Å². The van der Waals surface area contributed by atoms with Gasteiger partial charge in [-0.25, -0.2) is 9.07 Å². The molecule has 2 aliphatic carbocycles. The Morgan fingerprint density at radius 3 is 2.58 bits per heavy atom. The summed E-state index contributed by atoms with van der Waals surface area (Å²) in [6.45, 7) is 2.35. The molecule has 1 amide bonds. The van der Waals surface area contributed by atoms with Crippen molar-refractivity contribution in [1.82, 2.24) is 15.1 Å². The van der Waals surface area contributed by atoms with Gasteiger partial charge in [-0.3, -0.25) is 4.79 Å². The van der Waals surface area contributed by atoms with Crippen molar-refractivity contribution in [3.63, 3.8) is 0 Å². The van der Waals surface area contributed by atoms with Gasteiger partial charge in [-0.15, -0.1) is 0 Å². The molecule has 6 rings (SSSR count). The van der Waals surface area contributed by atoms with Gasteiger partial charge in [0, 0.05) is 5.56 Å². The third-order valence-electron chi connectivity index (χ3n) is 8.38. The van der Waals surface area contributed by atoms with Crippen LogP contribution in [0.15, 0.2) is 90.6 Å². The van der Waals surface area contributed by atoms with Crippen molar-refractivity contribution >= 4 is 12.0 Å². The lowest BCUT2D eigenvalue weighted by molar-refractivity contribution is 0.0923. The van der Waals surface area contributed by atoms with Gasteiger partial charge in [-0.1, -0.05) is 42.8 Å². The molecular formula is C32H30FN3O2. The summed E-state index contributed by atoms with van der Waals surface area (Å²) in [4.78, 5) is 13.2. The van der Waals surface area contributed by atoms with E-state index in [1.54, 1.807) is 24.3 Å². The van der Waals surface area contributed by atoms with Gasteiger partial charge in [0.2, 0.25) is 0 Å². The lowest BCUT2D eigenvalue weighted by atomic mass is 9.68. The van der Waals surface area contributed by atoms with Crippen molar-refractivity contribution in [2.75, 3.05) is 0 Å². The number of nitrogens with one attached hydrogen (secondary N) is 1. The first kappa shape index (κ1) is 24.2. The number of nitrogens with zero attached hydrogens (tertiary/aromatic N) is 2. The number of carbonyl (C=O) groups excluding carboxylic acids is 1. The fourth-order valence-electron chi connectivity index (χ4n) is 6.20. The number of fused-ring (bicyclic) bond motifs is 2. The zero-order chi connectivity index (χ0) is 26.3. The molecule has 3 aromatic carbocycles. The first-order valence-corrected chi connectivity index (χ1v) is 13.1. The van der Waals surface area contributed by atoms with Gasteiger partial charge >= 0.3 is 0 Å². The smallest absolute Gasteiger partial charge is 0.251 e. The second kappa shape index (κ2) is 9.60. The minimum atomic E-state index is -0.259. The lowest BCUT2D eigenvalue weighted by Crippen LogP contribution is -2.34. The van der Waals surface area contributed by atoms with Crippen molar-refractivity contribution in [1.29, 1.82) is 0 Å². The minimum Gasteiger partial charge on any atom is -0.508 e. The average Bonchev–Trinajstić information content (AvgIpc) is 3.47. The SMILES string of the molecule is C[C@]12Cc3cnn(-c4ccc(F)cc4)c3C=C1CC[C@@H]2CC(NC(=O)c1ccc(O)cc1)c1ccccc1. The molecule has 1 fully saturated rings. The number of amides is 1. The summed E-state index contributed by atoms with van der Waals surface area (Å²) in [5, 5.41) is 17.5. The van der Waals surface area contributed by atoms with Crippen LogP contribution >= 0.6 is 0 Å². The van der Waals surface area contributed by atoms with Crippen molar-refractivity contribution in [2.24, 2.45) is 11.3 Å². The third kappa shape index (κ3) is 4.40. The molecule has 1 saturated carbocycles. The summed E-state index contributed by atoms with van der Waals surface area (Å²) in [5.74, 6) is 0.106. The number of rotatable bonds is 6. The minimum absolute atomic E-state index is 0.0278. The number of benzene rings is 3. The first-order valence-electron chi connectivity index (χ1n) is 13.1. The summed E-state index contributed by atoms with van der Waals surface area (Å²) in [5.41, 5.74) is 6.11. The standard InChI is InChI=1S/C32H30FN3O2/c1-32-19-23-20-34-36(27-13-11-26(33)12-14-27)30(23)18-25(32)10-9-24(32)17-29(21-5-3-2-4-6-21)35-31(38)22-7-15-28(37)16-8-22/h2-8,11-16,18,20,24,29,37H,9-10,17,19H2,1H3,(H,35,38)/t24-,29?,32-/m1/s1. The van der Waals surface area contributed by atoms with Crippen LogP contribution in [0.25, 0.3) is 11.8 Å². The fraction of sp³-hybridized carbons (Fsp3) is 0.250. The predicted octanol–water partition coefficient (Wildman–Crippen LogP) is 6.63. The number of allylic oxidation sites excluding steroid dienone is 1. The summed E-state index contributed by atoms with van der Waals surface area (Å²) in [6, 6.07) is 22.8. The highest BCUT2D eigenvalue weighted by molar-refractivity contribution is 5.94. The van der Waals surface area contributed by atoms with Crippen LogP contribution in [0.5, 0.6) is 5.75 Å². The van der Waals surface area contributed by atoms with E-state index in [1.165, 1.54) is 35.4 Å². The molecule has 0 radical (unpaired) electrons. The van der Waals surface area contributed by atoms with Crippen LogP contribution < -0.4 is 5.32 Å². The van der Waals surface area contributed by atoms with Crippen LogP contribution in [-0.4, -0.2) is 20.8 Å². The van der Waals surface area contributed by atoms with E-state index < -0.39 is 0 Å². The molecule has 1 aromatic heterocycles. The molecule has 192 valence electrons. The Bertz CT molecular complexity index is 1490. The molecule has 4 aromatic rings. The van der Waals surface area contributed by atoms with E-state index in [4.69, 9.17) is 0 Å². The van der Waals surface area contributed by atoms with Crippen LogP contribution in [0, 0.1) is 17.2 Å². The molecule has 0 aliphatic heterocycles. The van der Waals surface area contributed by atoms with E-state index in [0.717, 1.165) is 42.6 Å². The molecule has 0 bridgehead atoms. The predicted molar refractivity (Wildman–Crippen MR) is 145 cm³/mol. The van der Waals surface area contributed by atoms with E-state index in [-0.39, 0.29) is 28.9 Å². The Labute approximate surface area is 221 Å². The summed E-state index contributed by atoms with van der Waals surface area (Å²) in [6.07, 6.45) is 7.98. The molecule has 5 nitrogen and oxygen atoms in total. The normalized spacial score (nSPS) is 20.8. The molecule has 0 spiro atoms. The van der Waals surface area contributed by atoms with Crippen LogP contribution in [-0.2, 0) is 6.42 Å². The lowest BCUT2D eigenvalue weighted by Gasteiger charge is -2.37. The molecule has 1 heterocycles. The molecule has 2 N–H and O–H groups in total. The first-order chi connectivity index (χ1) is 18.4. The average molecular weight is 508 g/mol. The zero-order valence-corrected chi connectivity index (χ0v) is 21.3. The van der Waals surface area contributed by atoms with E-state index in [9.17, 15) is 14.3 Å². The number of aromatic hydroxyl groups is 1. The van der Waals surface area contributed by atoms with Crippen molar-refractivity contribution in [3.05, 3.63) is 119 Å². The number of hydrogen-bond acceptors (Lipinski definition) is 3. The molecule has 6 heteroatoms. The van der Waals surface area contributed by atoms with E-state index in [1.807, 2.05) is 29.1 Å². The Kier molecular flexibility index (Phi) is 6.10. The quantitative estimate of drug-likeness (QED) is 0.308. The van der Waals surface area contributed by atoms with Gasteiger partial charge in [0.15, 0.2) is 0 Å². The van der Waals surface area contributed by atoms with Crippen molar-refractivity contribution < 1.29 is 14.3 Å². The molecule has 1 unspecified atom stereocenters. The van der Waals surface area contributed by atoms with E-state index in [0.29, 0.717) is 11.5 Å². The van der Waals surface area contributed by atoms with Gasteiger partial charge < -0.3 is 10.4 Å². The highest BCUT2D eigenvalue weighted by Gasteiger charge is 2.46. The number of phenolic OH excluding ortho intramolecular Hbond substituents is 1. The van der Waals surface area contributed by atoms with Crippen LogP contribution in [0.3, 0.4) is 0 Å². The number of carbonyl (C=O) groups is 1. The highest BCUT2D eigenvalue weighted by atomic mass is 19.1. The Morgan fingerprint density at radius 2 is 1.84 bits per heavy atom. The van der Waals surface area contributed by atoms with Crippen LogP contribution in [0.1, 0.15) is 59.4 Å². The molecule has 2 aliphatic rings. The third-order valence-corrected chi connectivity index (χ3v) is 8.38. The number of aromatic nitrogens is 2. The van der Waals surface area contributed by atoms with Crippen molar-refractivity contribution in [3.8, 4) is 11.4 Å². The largest absolute Gasteiger partial charge is 0.508 e. The van der Waals surface area contributed by atoms with Crippen LogP contribution in [0.4, 0.5) is 4.39 Å². The van der Waals surface area contributed by atoms with Crippen molar-refractivity contribution in [2.45, 2.75) is 38.6 Å². The summed E-state index contributed by atoms with van der Waals surface area (Å²) >= 11 is 0. The number of phenols is 1. The zero-order valence-electron chi connectivity index (χ0n) is 21.3.